The molecule has 4 heterocycles. The number of hydrogen-bond acceptors (Lipinski definition) is 7. The molecule has 2 aromatic carbocycles. The van der Waals surface area contributed by atoms with Gasteiger partial charge in [-0.15, -0.1) is 11.3 Å². The molecule has 0 saturated carbocycles. The minimum atomic E-state index is -0.0217. The molecule has 0 aliphatic carbocycles. The van der Waals surface area contributed by atoms with E-state index in [0.29, 0.717) is 23.5 Å². The lowest BCUT2D eigenvalue weighted by Gasteiger charge is -2.33. The van der Waals surface area contributed by atoms with E-state index in [1.165, 1.54) is 10.5 Å². The molecule has 6 rings (SSSR count). The van der Waals surface area contributed by atoms with Crippen LogP contribution in [0.1, 0.15) is 23.3 Å². The molecule has 2 aliphatic heterocycles. The van der Waals surface area contributed by atoms with Crippen LogP contribution in [0.5, 0.6) is 5.75 Å². The fourth-order valence-corrected chi connectivity index (χ4v) is 6.44. The Morgan fingerprint density at radius 3 is 2.83 bits per heavy atom. The second kappa shape index (κ2) is 9.85. The highest BCUT2D eigenvalue weighted by Crippen LogP contribution is 2.37. The third-order valence-electron chi connectivity index (χ3n) is 6.66. The molecule has 0 atom stereocenters. The van der Waals surface area contributed by atoms with Crippen LogP contribution in [0.15, 0.2) is 63.9 Å². The molecular formula is C26H25ClN4O2S2. The zero-order valence-corrected chi connectivity index (χ0v) is 21.5. The molecule has 1 fully saturated rings. The van der Waals surface area contributed by atoms with Gasteiger partial charge in [0.25, 0.3) is 5.56 Å². The molecule has 6 nitrogen and oxygen atoms in total. The number of nitrogens with zero attached hydrogens (tertiary/aromatic N) is 3. The molecule has 0 spiro atoms. The average molecular weight is 525 g/mol. The van der Waals surface area contributed by atoms with Crippen molar-refractivity contribution in [2.75, 3.05) is 24.3 Å². The van der Waals surface area contributed by atoms with E-state index >= 15 is 0 Å². The van der Waals surface area contributed by atoms with Gasteiger partial charge in [-0.05, 0) is 48.7 Å². The Hall–Kier alpha value is -2.52. The van der Waals surface area contributed by atoms with E-state index in [1.54, 1.807) is 39.2 Å². The van der Waals surface area contributed by atoms with E-state index in [2.05, 4.69) is 33.4 Å². The van der Waals surface area contributed by atoms with Crippen LogP contribution in [0.2, 0.25) is 5.02 Å². The molecule has 1 N–H and O–H groups in total. The van der Waals surface area contributed by atoms with Crippen molar-refractivity contribution < 1.29 is 4.74 Å². The quantitative estimate of drug-likeness (QED) is 0.350. The molecule has 180 valence electrons. The van der Waals surface area contributed by atoms with Gasteiger partial charge in [0, 0.05) is 58.9 Å². The largest absolute Gasteiger partial charge is 0.481 e. The van der Waals surface area contributed by atoms with Crippen LogP contribution in [0.4, 0.5) is 5.69 Å². The van der Waals surface area contributed by atoms with Crippen LogP contribution in [0.3, 0.4) is 0 Å². The first-order chi connectivity index (χ1) is 17.1. The fourth-order valence-electron chi connectivity index (χ4n) is 4.87. The van der Waals surface area contributed by atoms with Gasteiger partial charge in [-0.2, -0.15) is 0 Å². The number of fused-ring (bicyclic) bond motifs is 2. The number of piperidine rings is 1. The second-order valence-electron chi connectivity index (χ2n) is 8.99. The summed E-state index contributed by atoms with van der Waals surface area (Å²) < 4.78 is 7.40. The van der Waals surface area contributed by atoms with Gasteiger partial charge in [0.2, 0.25) is 0 Å². The standard InChI is InChI=1S/C26H25ClN4O2S2/c27-18-2-3-23-21(10-18)22(11-26(32)31(23)14-20-12-28-15-34-20)29-19-5-7-30(8-6-19)13-17-1-4-24-25(9-17)35-16-33-24/h1-4,9-12,15,19,29H,5-8,13-14,16H2. The molecule has 9 heteroatoms. The number of halogens is 1. The number of thioether (sulfide) groups is 1. The summed E-state index contributed by atoms with van der Waals surface area (Å²) in [6.07, 6.45) is 3.86. The van der Waals surface area contributed by atoms with Crippen LogP contribution in [-0.4, -0.2) is 39.5 Å². The zero-order chi connectivity index (χ0) is 23.8. The van der Waals surface area contributed by atoms with Gasteiger partial charge in [-0.3, -0.25) is 14.7 Å². The molecule has 1 saturated heterocycles. The first kappa shape index (κ1) is 22.9. The summed E-state index contributed by atoms with van der Waals surface area (Å²) in [5.74, 6) is 1.72. The Balaban J connectivity index is 1.17. The van der Waals surface area contributed by atoms with Gasteiger partial charge in [0.15, 0.2) is 0 Å². The lowest BCUT2D eigenvalue weighted by Crippen LogP contribution is -2.39. The van der Waals surface area contributed by atoms with E-state index in [1.807, 2.05) is 24.4 Å². The van der Waals surface area contributed by atoms with Crippen molar-refractivity contribution in [3.63, 3.8) is 0 Å². The van der Waals surface area contributed by atoms with Crippen LogP contribution < -0.4 is 15.6 Å². The minimum Gasteiger partial charge on any atom is -0.481 e. The monoisotopic (exact) mass is 524 g/mol. The van der Waals surface area contributed by atoms with Crippen molar-refractivity contribution in [3.05, 3.63) is 80.0 Å². The van der Waals surface area contributed by atoms with Gasteiger partial charge < -0.3 is 14.6 Å². The molecular weight excluding hydrogens is 500 g/mol. The number of hydrogen-bond donors (Lipinski definition) is 1. The number of aromatic nitrogens is 2. The summed E-state index contributed by atoms with van der Waals surface area (Å²) in [7, 11) is 0. The summed E-state index contributed by atoms with van der Waals surface area (Å²) in [5.41, 5.74) is 4.85. The van der Waals surface area contributed by atoms with Crippen LogP contribution in [0.25, 0.3) is 10.9 Å². The molecule has 0 amide bonds. The Morgan fingerprint density at radius 1 is 1.11 bits per heavy atom. The molecule has 0 radical (unpaired) electrons. The van der Waals surface area contributed by atoms with E-state index < -0.39 is 0 Å². The van der Waals surface area contributed by atoms with Crippen LogP contribution >= 0.6 is 34.7 Å². The normalized spacial score (nSPS) is 16.4. The van der Waals surface area contributed by atoms with Crippen molar-refractivity contribution in [3.8, 4) is 5.75 Å². The predicted molar refractivity (Wildman–Crippen MR) is 144 cm³/mol. The SMILES string of the molecule is O=c1cc(NC2CCN(Cc3ccc4c(c3)SCO4)CC2)c2cc(Cl)ccc2n1Cc1cncs1. The Bertz CT molecular complexity index is 1420. The number of pyridine rings is 1. The highest BCUT2D eigenvalue weighted by Gasteiger charge is 2.22. The average Bonchev–Trinajstić information content (AvgIpc) is 3.54. The smallest absolute Gasteiger partial charge is 0.253 e. The van der Waals surface area contributed by atoms with Crippen molar-refractivity contribution >= 4 is 51.3 Å². The highest BCUT2D eigenvalue weighted by atomic mass is 35.5. The maximum absolute atomic E-state index is 13.1. The van der Waals surface area contributed by atoms with Crippen molar-refractivity contribution in [2.45, 2.75) is 36.9 Å². The van der Waals surface area contributed by atoms with Crippen molar-refractivity contribution in [1.29, 1.82) is 0 Å². The summed E-state index contributed by atoms with van der Waals surface area (Å²) in [6, 6.07) is 14.3. The molecule has 2 aliphatic rings. The Morgan fingerprint density at radius 2 is 2.00 bits per heavy atom. The summed E-state index contributed by atoms with van der Waals surface area (Å²) in [4.78, 5) is 22.0. The number of likely N-dealkylation sites (tertiary alicyclic amines) is 1. The number of rotatable bonds is 6. The fraction of sp³-hybridized carbons (Fsp3) is 0.308. The zero-order valence-electron chi connectivity index (χ0n) is 19.1. The van der Waals surface area contributed by atoms with E-state index in [9.17, 15) is 4.79 Å². The van der Waals surface area contributed by atoms with Gasteiger partial charge >= 0.3 is 0 Å². The maximum Gasteiger partial charge on any atom is 0.253 e. The molecule has 0 unspecified atom stereocenters. The summed E-state index contributed by atoms with van der Waals surface area (Å²) in [6.45, 7) is 3.49. The lowest BCUT2D eigenvalue weighted by molar-refractivity contribution is 0.211. The third-order valence-corrected chi connectivity index (χ3v) is 8.53. The van der Waals surface area contributed by atoms with Gasteiger partial charge in [-0.25, -0.2) is 0 Å². The van der Waals surface area contributed by atoms with Crippen LogP contribution in [0, 0.1) is 0 Å². The first-order valence-corrected chi connectivity index (χ1v) is 13.9. The second-order valence-corrected chi connectivity index (χ2v) is 11.4. The number of anilines is 1. The van der Waals surface area contributed by atoms with E-state index in [-0.39, 0.29) is 5.56 Å². The minimum absolute atomic E-state index is 0.0217. The topological polar surface area (TPSA) is 59.4 Å². The third kappa shape index (κ3) is 4.93. The number of ether oxygens (including phenoxy) is 1. The number of thiazole rings is 1. The van der Waals surface area contributed by atoms with E-state index in [0.717, 1.165) is 59.7 Å². The maximum atomic E-state index is 13.1. The van der Waals surface area contributed by atoms with E-state index in [4.69, 9.17) is 16.3 Å². The molecule has 2 aromatic heterocycles. The molecule has 0 bridgehead atoms. The summed E-state index contributed by atoms with van der Waals surface area (Å²) in [5, 5.41) is 5.31. The van der Waals surface area contributed by atoms with Gasteiger partial charge in [0.1, 0.15) is 11.7 Å². The van der Waals surface area contributed by atoms with Crippen molar-refractivity contribution in [2.24, 2.45) is 0 Å². The molecule has 4 aromatic rings. The predicted octanol–water partition coefficient (Wildman–Crippen LogP) is 5.68. The van der Waals surface area contributed by atoms with Gasteiger partial charge in [0.05, 0.1) is 22.5 Å². The first-order valence-electron chi connectivity index (χ1n) is 11.7. The van der Waals surface area contributed by atoms with Crippen molar-refractivity contribution in [1.82, 2.24) is 14.5 Å². The molecule has 35 heavy (non-hydrogen) atoms. The summed E-state index contributed by atoms with van der Waals surface area (Å²) >= 11 is 9.67. The Labute approximate surface area is 216 Å². The number of nitrogens with one attached hydrogen (secondary N) is 1. The lowest BCUT2D eigenvalue weighted by atomic mass is 10.0. The Kier molecular flexibility index (Phi) is 6.45. The number of benzene rings is 2. The highest BCUT2D eigenvalue weighted by molar-refractivity contribution is 7.99. The van der Waals surface area contributed by atoms with Gasteiger partial charge in [-0.1, -0.05) is 29.4 Å². The van der Waals surface area contributed by atoms with Crippen LogP contribution in [-0.2, 0) is 13.1 Å².